The summed E-state index contributed by atoms with van der Waals surface area (Å²) < 4.78 is 31.7. The number of carbonyl (C=O) groups excluding carboxylic acids is 1. The SMILES string of the molecule is Cl.O=C(C1CN(CC2CC(F)(F)C2)CCO1)N1CCc2ccccc2C1. The second kappa shape index (κ2) is 7.79. The van der Waals surface area contributed by atoms with Crippen molar-refractivity contribution in [1.29, 1.82) is 0 Å². The first-order valence-corrected chi connectivity index (χ1v) is 9.07. The lowest BCUT2D eigenvalue weighted by Gasteiger charge is -2.41. The van der Waals surface area contributed by atoms with Crippen LogP contribution in [0.25, 0.3) is 0 Å². The largest absolute Gasteiger partial charge is 0.366 e. The molecule has 2 aliphatic heterocycles. The maximum Gasteiger partial charge on any atom is 0.253 e. The quantitative estimate of drug-likeness (QED) is 0.800. The minimum absolute atomic E-state index is 0. The zero-order valence-electron chi connectivity index (χ0n) is 14.7. The Morgan fingerprint density at radius 1 is 1.19 bits per heavy atom. The Bertz CT molecular complexity index is 650. The predicted octanol–water partition coefficient (Wildman–Crippen LogP) is 2.74. The van der Waals surface area contributed by atoms with Gasteiger partial charge in [-0.2, -0.15) is 0 Å². The van der Waals surface area contributed by atoms with E-state index in [0.717, 1.165) is 6.42 Å². The molecular weight excluding hydrogens is 362 g/mol. The van der Waals surface area contributed by atoms with Gasteiger partial charge in [-0.05, 0) is 23.5 Å². The molecule has 0 radical (unpaired) electrons. The number of hydrogen-bond acceptors (Lipinski definition) is 3. The summed E-state index contributed by atoms with van der Waals surface area (Å²) in [5, 5.41) is 0. The Labute approximate surface area is 158 Å². The average molecular weight is 387 g/mol. The molecule has 7 heteroatoms. The summed E-state index contributed by atoms with van der Waals surface area (Å²) in [6.07, 6.45) is 0.354. The van der Waals surface area contributed by atoms with Gasteiger partial charge in [0.2, 0.25) is 5.92 Å². The zero-order valence-corrected chi connectivity index (χ0v) is 15.5. The molecule has 1 amide bonds. The molecule has 2 heterocycles. The molecule has 0 spiro atoms. The molecular formula is C19H25ClF2N2O2. The van der Waals surface area contributed by atoms with Crippen molar-refractivity contribution in [3.8, 4) is 0 Å². The molecule has 3 aliphatic rings. The number of rotatable bonds is 3. The van der Waals surface area contributed by atoms with Crippen LogP contribution in [0.5, 0.6) is 0 Å². The number of alkyl halides is 2. The van der Waals surface area contributed by atoms with Crippen LogP contribution in [0.1, 0.15) is 24.0 Å². The average Bonchev–Trinajstić information content (AvgIpc) is 2.59. The van der Waals surface area contributed by atoms with Gasteiger partial charge in [0.05, 0.1) is 6.61 Å². The normalized spacial score (nSPS) is 25.8. The van der Waals surface area contributed by atoms with Gasteiger partial charge < -0.3 is 9.64 Å². The van der Waals surface area contributed by atoms with E-state index >= 15 is 0 Å². The van der Waals surface area contributed by atoms with E-state index in [0.29, 0.717) is 39.3 Å². The first kappa shape index (κ1) is 19.5. The van der Waals surface area contributed by atoms with Crippen LogP contribution in [0.4, 0.5) is 8.78 Å². The summed E-state index contributed by atoms with van der Waals surface area (Å²) in [6, 6.07) is 8.21. The number of nitrogens with zero attached hydrogens (tertiary/aromatic N) is 2. The highest BCUT2D eigenvalue weighted by Gasteiger charge is 2.46. The van der Waals surface area contributed by atoms with Crippen molar-refractivity contribution < 1.29 is 18.3 Å². The van der Waals surface area contributed by atoms with Crippen LogP contribution in [0.2, 0.25) is 0 Å². The number of benzene rings is 1. The van der Waals surface area contributed by atoms with E-state index in [4.69, 9.17) is 4.74 Å². The van der Waals surface area contributed by atoms with Crippen molar-refractivity contribution >= 4 is 18.3 Å². The Balaban J connectivity index is 0.00000196. The fourth-order valence-corrected chi connectivity index (χ4v) is 4.18. The summed E-state index contributed by atoms with van der Waals surface area (Å²) >= 11 is 0. The fraction of sp³-hybridized carbons (Fsp3) is 0.632. The van der Waals surface area contributed by atoms with Crippen molar-refractivity contribution in [2.45, 2.75) is 37.8 Å². The monoisotopic (exact) mass is 386 g/mol. The number of carbonyl (C=O) groups is 1. The van der Waals surface area contributed by atoms with Gasteiger partial charge in [0, 0.05) is 45.6 Å². The molecule has 1 saturated heterocycles. The van der Waals surface area contributed by atoms with Crippen LogP contribution >= 0.6 is 12.4 Å². The number of amides is 1. The molecule has 4 nitrogen and oxygen atoms in total. The van der Waals surface area contributed by atoms with Crippen molar-refractivity contribution in [2.24, 2.45) is 5.92 Å². The lowest BCUT2D eigenvalue weighted by molar-refractivity contribution is -0.154. The van der Waals surface area contributed by atoms with Gasteiger partial charge in [0.15, 0.2) is 0 Å². The van der Waals surface area contributed by atoms with E-state index in [1.165, 1.54) is 11.1 Å². The molecule has 1 aliphatic carbocycles. The molecule has 144 valence electrons. The highest BCUT2D eigenvalue weighted by molar-refractivity contribution is 5.85. The molecule has 1 aromatic rings. The molecule has 0 N–H and O–H groups in total. The van der Waals surface area contributed by atoms with Crippen molar-refractivity contribution in [2.75, 3.05) is 32.8 Å². The first-order chi connectivity index (χ1) is 12.0. The zero-order chi connectivity index (χ0) is 17.4. The predicted molar refractivity (Wildman–Crippen MR) is 96.7 cm³/mol. The molecule has 1 atom stereocenters. The Morgan fingerprint density at radius 2 is 1.92 bits per heavy atom. The van der Waals surface area contributed by atoms with Gasteiger partial charge >= 0.3 is 0 Å². The molecule has 4 rings (SSSR count). The smallest absolute Gasteiger partial charge is 0.253 e. The van der Waals surface area contributed by atoms with Crippen molar-refractivity contribution in [1.82, 2.24) is 9.80 Å². The second-order valence-corrected chi connectivity index (χ2v) is 7.53. The Morgan fingerprint density at radius 3 is 2.65 bits per heavy atom. The van der Waals surface area contributed by atoms with Gasteiger partial charge in [0.25, 0.3) is 5.91 Å². The maximum absolute atomic E-state index is 13.0. The summed E-state index contributed by atoms with van der Waals surface area (Å²) in [7, 11) is 0. The third-order valence-corrected chi connectivity index (χ3v) is 5.56. The van der Waals surface area contributed by atoms with Crippen molar-refractivity contribution in [3.05, 3.63) is 35.4 Å². The summed E-state index contributed by atoms with van der Waals surface area (Å²) in [4.78, 5) is 16.8. The third-order valence-electron chi connectivity index (χ3n) is 5.56. The topological polar surface area (TPSA) is 32.8 Å². The second-order valence-electron chi connectivity index (χ2n) is 7.53. The number of halogens is 3. The van der Waals surface area contributed by atoms with Gasteiger partial charge in [-0.3, -0.25) is 9.69 Å². The van der Waals surface area contributed by atoms with E-state index in [1.807, 2.05) is 17.0 Å². The summed E-state index contributed by atoms with van der Waals surface area (Å²) in [5.74, 6) is -2.41. The van der Waals surface area contributed by atoms with Crippen LogP contribution in [-0.4, -0.2) is 60.5 Å². The minimum Gasteiger partial charge on any atom is -0.366 e. The molecule has 2 fully saturated rings. The van der Waals surface area contributed by atoms with E-state index in [-0.39, 0.29) is 37.1 Å². The lowest BCUT2D eigenvalue weighted by atomic mass is 9.81. The van der Waals surface area contributed by atoms with Gasteiger partial charge in [-0.15, -0.1) is 12.4 Å². The molecule has 0 bridgehead atoms. The summed E-state index contributed by atoms with van der Waals surface area (Å²) in [5.41, 5.74) is 2.51. The Kier molecular flexibility index (Phi) is 5.85. The third kappa shape index (κ3) is 4.18. The van der Waals surface area contributed by atoms with Gasteiger partial charge in [0.1, 0.15) is 6.10 Å². The summed E-state index contributed by atoms with van der Waals surface area (Å²) in [6.45, 7) is 3.71. The van der Waals surface area contributed by atoms with Crippen LogP contribution in [0.15, 0.2) is 24.3 Å². The van der Waals surface area contributed by atoms with E-state index in [2.05, 4.69) is 17.0 Å². The molecule has 26 heavy (non-hydrogen) atoms. The van der Waals surface area contributed by atoms with Crippen LogP contribution in [-0.2, 0) is 22.5 Å². The van der Waals surface area contributed by atoms with Crippen LogP contribution in [0, 0.1) is 5.92 Å². The van der Waals surface area contributed by atoms with E-state index in [9.17, 15) is 13.6 Å². The highest BCUT2D eigenvalue weighted by atomic mass is 35.5. The molecule has 1 aromatic carbocycles. The highest BCUT2D eigenvalue weighted by Crippen LogP contribution is 2.42. The minimum atomic E-state index is -2.48. The fourth-order valence-electron chi connectivity index (χ4n) is 4.18. The molecule has 0 aromatic heterocycles. The maximum atomic E-state index is 13.0. The number of fused-ring (bicyclic) bond motifs is 1. The van der Waals surface area contributed by atoms with Gasteiger partial charge in [-0.1, -0.05) is 24.3 Å². The number of ether oxygens (including phenoxy) is 1. The van der Waals surface area contributed by atoms with Gasteiger partial charge in [-0.25, -0.2) is 8.78 Å². The Hall–Kier alpha value is -1.24. The number of hydrogen-bond donors (Lipinski definition) is 0. The molecule has 1 saturated carbocycles. The number of morpholine rings is 1. The molecule has 1 unspecified atom stereocenters. The van der Waals surface area contributed by atoms with E-state index in [1.54, 1.807) is 0 Å². The van der Waals surface area contributed by atoms with Crippen molar-refractivity contribution in [3.63, 3.8) is 0 Å². The lowest BCUT2D eigenvalue weighted by Crippen LogP contribution is -2.53. The van der Waals surface area contributed by atoms with E-state index < -0.39 is 12.0 Å². The van der Waals surface area contributed by atoms with Crippen LogP contribution < -0.4 is 0 Å². The standard InChI is InChI=1S/C19H24F2N2O2.ClH/c20-19(21)9-14(10-19)11-22-7-8-25-17(13-22)18(24)23-6-5-15-3-1-2-4-16(15)12-23;/h1-4,14,17H,5-13H2;1H. The van der Waals surface area contributed by atoms with Crippen LogP contribution in [0.3, 0.4) is 0 Å². The first-order valence-electron chi connectivity index (χ1n) is 9.07.